The van der Waals surface area contributed by atoms with Crippen molar-refractivity contribution >= 4 is 40.0 Å². The largest absolute Gasteiger partial charge is 0.416 e. The Kier molecular flexibility index (Phi) is 6.11. The molecule has 0 radical (unpaired) electrons. The summed E-state index contributed by atoms with van der Waals surface area (Å²) in [4.78, 5) is 26.2. The lowest BCUT2D eigenvalue weighted by atomic mass is 9.93. The molecule has 0 saturated heterocycles. The molecule has 38 heavy (non-hydrogen) atoms. The summed E-state index contributed by atoms with van der Waals surface area (Å²) in [6.07, 6.45) is -4.90. The average molecular weight is 550 g/mol. The van der Waals surface area contributed by atoms with E-state index in [0.29, 0.717) is 23.2 Å². The van der Waals surface area contributed by atoms with Gasteiger partial charge in [-0.2, -0.15) is 18.3 Å². The molecule has 196 valence electrons. The van der Waals surface area contributed by atoms with Crippen LogP contribution in [0, 0.1) is 11.6 Å². The number of nitrogens with one attached hydrogen (secondary N) is 2. The van der Waals surface area contributed by atoms with Gasteiger partial charge < -0.3 is 16.4 Å². The van der Waals surface area contributed by atoms with Crippen LogP contribution in [0.15, 0.2) is 42.5 Å². The Balaban J connectivity index is 1.74. The number of nitrogens with zero attached hydrogens (tertiary/aromatic N) is 2. The number of benzene rings is 3. The van der Waals surface area contributed by atoms with Gasteiger partial charge in [0.2, 0.25) is 0 Å². The van der Waals surface area contributed by atoms with Gasteiger partial charge in [0.25, 0.3) is 11.8 Å². The predicted molar refractivity (Wildman–Crippen MR) is 129 cm³/mol. The summed E-state index contributed by atoms with van der Waals surface area (Å²) < 4.78 is 70.2. The van der Waals surface area contributed by atoms with Crippen LogP contribution in [0.25, 0.3) is 10.9 Å². The number of halogens is 6. The molecule has 3 aromatic carbocycles. The molecule has 2 amide bonds. The number of rotatable bonds is 4. The summed E-state index contributed by atoms with van der Waals surface area (Å²) in [5, 5.41) is 9.97. The fourth-order valence-corrected chi connectivity index (χ4v) is 4.79. The van der Waals surface area contributed by atoms with E-state index >= 15 is 0 Å². The van der Waals surface area contributed by atoms with Crippen molar-refractivity contribution in [2.24, 2.45) is 12.8 Å². The number of aromatic nitrogens is 2. The topological polar surface area (TPSA) is 102 Å². The van der Waals surface area contributed by atoms with Crippen LogP contribution in [-0.2, 0) is 19.8 Å². The highest BCUT2D eigenvalue weighted by atomic mass is 35.5. The highest BCUT2D eigenvalue weighted by molar-refractivity contribution is 6.30. The molecule has 0 aliphatic carbocycles. The first kappa shape index (κ1) is 25.6. The molecule has 0 bridgehead atoms. The SMILES string of the molecule is Cn1nc2cc3c(c(NC(=O)c4cc(F)cc(C(F)(F)F)c4)c2c1CN)C(c1cc(Cl)ccc1F)NC3=O. The lowest BCUT2D eigenvalue weighted by molar-refractivity contribution is -0.137. The molecule has 1 aliphatic heterocycles. The molecule has 5 rings (SSSR count). The Hall–Kier alpha value is -4.03. The molecule has 4 aromatic rings. The van der Waals surface area contributed by atoms with Crippen LogP contribution in [0.5, 0.6) is 0 Å². The van der Waals surface area contributed by atoms with E-state index in [1.807, 2.05) is 0 Å². The Labute approximate surface area is 216 Å². The second-order valence-electron chi connectivity index (χ2n) is 8.63. The van der Waals surface area contributed by atoms with Crippen LogP contribution in [0.3, 0.4) is 0 Å². The molecule has 1 aromatic heterocycles. The number of anilines is 1. The zero-order valence-electron chi connectivity index (χ0n) is 19.4. The minimum atomic E-state index is -4.90. The summed E-state index contributed by atoms with van der Waals surface area (Å²) in [5.41, 5.74) is 4.74. The van der Waals surface area contributed by atoms with E-state index in [1.54, 1.807) is 7.05 Å². The Morgan fingerprint density at radius 2 is 1.92 bits per heavy atom. The number of aryl methyl sites for hydroxylation is 1. The quantitative estimate of drug-likeness (QED) is 0.309. The summed E-state index contributed by atoms with van der Waals surface area (Å²) in [5.74, 6) is -3.67. The van der Waals surface area contributed by atoms with Crippen molar-refractivity contribution in [3.05, 3.63) is 92.6 Å². The smallest absolute Gasteiger partial charge is 0.341 e. The van der Waals surface area contributed by atoms with Crippen LogP contribution in [0.1, 0.15) is 49.1 Å². The van der Waals surface area contributed by atoms with Gasteiger partial charge >= 0.3 is 6.18 Å². The fourth-order valence-electron chi connectivity index (χ4n) is 4.61. The van der Waals surface area contributed by atoms with E-state index in [9.17, 15) is 31.5 Å². The Morgan fingerprint density at radius 1 is 1.18 bits per heavy atom. The summed E-state index contributed by atoms with van der Waals surface area (Å²) in [6.45, 7) is -0.0651. The Morgan fingerprint density at radius 3 is 2.61 bits per heavy atom. The molecule has 13 heteroatoms. The van der Waals surface area contributed by atoms with Gasteiger partial charge in [0.1, 0.15) is 11.6 Å². The highest BCUT2D eigenvalue weighted by Crippen LogP contribution is 2.43. The Bertz CT molecular complexity index is 1650. The number of nitrogens with two attached hydrogens (primary N) is 1. The van der Waals surface area contributed by atoms with Gasteiger partial charge in [-0.1, -0.05) is 11.6 Å². The molecule has 2 heterocycles. The summed E-state index contributed by atoms with van der Waals surface area (Å²) in [6, 6.07) is 5.48. The molecule has 0 saturated carbocycles. The maximum atomic E-state index is 14.9. The van der Waals surface area contributed by atoms with Crippen molar-refractivity contribution in [1.82, 2.24) is 15.1 Å². The third-order valence-corrected chi connectivity index (χ3v) is 6.52. The van der Waals surface area contributed by atoms with Crippen molar-refractivity contribution in [3.8, 4) is 0 Å². The van der Waals surface area contributed by atoms with E-state index in [4.69, 9.17) is 17.3 Å². The molecular formula is C25H17ClF5N5O2. The highest BCUT2D eigenvalue weighted by Gasteiger charge is 2.37. The van der Waals surface area contributed by atoms with Crippen molar-refractivity contribution in [1.29, 1.82) is 0 Å². The van der Waals surface area contributed by atoms with Gasteiger partial charge in [-0.25, -0.2) is 8.78 Å². The van der Waals surface area contributed by atoms with E-state index in [1.165, 1.54) is 22.9 Å². The monoisotopic (exact) mass is 549 g/mol. The summed E-state index contributed by atoms with van der Waals surface area (Å²) >= 11 is 6.07. The first-order chi connectivity index (χ1) is 17.9. The number of hydrogen-bond donors (Lipinski definition) is 3. The standard InChI is InChI=1S/C25H17ClF5N5O2/c1-36-18(9-32)20-17(35-36)8-15-19(21(33-24(15)38)14-7-12(26)2-3-16(14)28)22(20)34-23(37)10-4-11(25(29,30)31)6-13(27)5-10/h2-8,21H,9,32H2,1H3,(H,33,38)(H,34,37). The average Bonchev–Trinajstić information content (AvgIpc) is 3.35. The van der Waals surface area contributed by atoms with Crippen molar-refractivity contribution in [2.75, 3.05) is 5.32 Å². The van der Waals surface area contributed by atoms with Crippen LogP contribution >= 0.6 is 11.6 Å². The number of carbonyl (C=O) groups is 2. The molecular weight excluding hydrogens is 533 g/mol. The van der Waals surface area contributed by atoms with Gasteiger partial charge in [-0.05, 0) is 42.5 Å². The first-order valence-corrected chi connectivity index (χ1v) is 11.4. The third kappa shape index (κ3) is 4.25. The third-order valence-electron chi connectivity index (χ3n) is 6.28. The fraction of sp³-hybridized carbons (Fsp3) is 0.160. The molecule has 4 N–H and O–H groups in total. The number of alkyl halides is 3. The minimum absolute atomic E-state index is 0.0113. The second kappa shape index (κ2) is 9.07. The number of carbonyl (C=O) groups excluding carboxylic acids is 2. The number of amides is 2. The number of fused-ring (bicyclic) bond motifs is 2. The van der Waals surface area contributed by atoms with E-state index in [0.717, 1.165) is 6.07 Å². The molecule has 1 unspecified atom stereocenters. The van der Waals surface area contributed by atoms with Gasteiger partial charge in [-0.3, -0.25) is 14.3 Å². The zero-order valence-corrected chi connectivity index (χ0v) is 20.1. The van der Waals surface area contributed by atoms with Gasteiger partial charge in [0, 0.05) is 46.3 Å². The predicted octanol–water partition coefficient (Wildman–Crippen LogP) is 5.07. The maximum absolute atomic E-state index is 14.9. The van der Waals surface area contributed by atoms with Gasteiger partial charge in [0.05, 0.1) is 28.5 Å². The first-order valence-electron chi connectivity index (χ1n) is 11.1. The van der Waals surface area contributed by atoms with Gasteiger partial charge in [-0.15, -0.1) is 0 Å². The molecule has 1 aliphatic rings. The van der Waals surface area contributed by atoms with Crippen LogP contribution < -0.4 is 16.4 Å². The lowest BCUT2D eigenvalue weighted by Crippen LogP contribution is -2.22. The summed E-state index contributed by atoms with van der Waals surface area (Å²) in [7, 11) is 1.58. The van der Waals surface area contributed by atoms with E-state index < -0.39 is 46.8 Å². The molecule has 0 spiro atoms. The molecule has 7 nitrogen and oxygen atoms in total. The lowest BCUT2D eigenvalue weighted by Gasteiger charge is -2.19. The van der Waals surface area contributed by atoms with E-state index in [2.05, 4.69) is 15.7 Å². The molecule has 0 fully saturated rings. The van der Waals surface area contributed by atoms with Crippen LogP contribution in [0.2, 0.25) is 5.02 Å². The van der Waals surface area contributed by atoms with Crippen molar-refractivity contribution in [3.63, 3.8) is 0 Å². The van der Waals surface area contributed by atoms with Crippen molar-refractivity contribution in [2.45, 2.75) is 18.8 Å². The van der Waals surface area contributed by atoms with E-state index in [-0.39, 0.29) is 45.5 Å². The zero-order chi connectivity index (χ0) is 27.5. The van der Waals surface area contributed by atoms with Crippen molar-refractivity contribution < 1.29 is 31.5 Å². The minimum Gasteiger partial charge on any atom is -0.341 e. The molecule has 1 atom stereocenters. The normalized spacial score (nSPS) is 15.1. The van der Waals surface area contributed by atoms with Gasteiger partial charge in [0.15, 0.2) is 0 Å². The van der Waals surface area contributed by atoms with Crippen LogP contribution in [-0.4, -0.2) is 21.6 Å². The van der Waals surface area contributed by atoms with Crippen LogP contribution in [0.4, 0.5) is 27.6 Å². The number of hydrogen-bond acceptors (Lipinski definition) is 4. The second-order valence-corrected chi connectivity index (χ2v) is 9.07. The maximum Gasteiger partial charge on any atom is 0.416 e.